The van der Waals surface area contributed by atoms with Gasteiger partial charge < -0.3 is 10.1 Å². The van der Waals surface area contributed by atoms with E-state index in [0.717, 1.165) is 23.3 Å². The summed E-state index contributed by atoms with van der Waals surface area (Å²) >= 11 is 1.69. The number of amides is 1. The molecule has 1 aromatic heterocycles. The second-order valence-corrected chi connectivity index (χ2v) is 8.38. The first-order valence-electron chi connectivity index (χ1n) is 9.99. The predicted molar refractivity (Wildman–Crippen MR) is 117 cm³/mol. The van der Waals surface area contributed by atoms with E-state index in [9.17, 15) is 4.79 Å². The van der Waals surface area contributed by atoms with Gasteiger partial charge in [-0.15, -0.1) is 0 Å². The van der Waals surface area contributed by atoms with Gasteiger partial charge in [0.1, 0.15) is 11.9 Å². The van der Waals surface area contributed by atoms with Gasteiger partial charge in [-0.25, -0.2) is 0 Å². The molecule has 4 nitrogen and oxygen atoms in total. The summed E-state index contributed by atoms with van der Waals surface area (Å²) in [5.74, 6) is 0.953. The van der Waals surface area contributed by atoms with Crippen LogP contribution in [0.5, 0.6) is 5.75 Å². The van der Waals surface area contributed by atoms with Gasteiger partial charge in [-0.2, -0.15) is 11.3 Å². The number of para-hydroxylation sites is 1. The fourth-order valence-electron chi connectivity index (χ4n) is 3.78. The van der Waals surface area contributed by atoms with Crippen LogP contribution in [0, 0.1) is 0 Å². The van der Waals surface area contributed by atoms with Crippen LogP contribution >= 0.6 is 11.3 Å². The smallest absolute Gasteiger partial charge is 0.234 e. The summed E-state index contributed by atoms with van der Waals surface area (Å²) in [7, 11) is 0. The molecule has 2 atom stereocenters. The molecule has 2 unspecified atom stereocenters. The van der Waals surface area contributed by atoms with E-state index in [-0.39, 0.29) is 18.1 Å². The lowest BCUT2D eigenvalue weighted by Gasteiger charge is -2.24. The molecule has 0 spiro atoms. The van der Waals surface area contributed by atoms with Crippen molar-refractivity contribution in [2.24, 2.45) is 0 Å². The Kier molecular flexibility index (Phi) is 6.27. The minimum Gasteiger partial charge on any atom is -0.484 e. The molecule has 3 aromatic rings. The first-order chi connectivity index (χ1) is 14.2. The van der Waals surface area contributed by atoms with Crippen LogP contribution < -0.4 is 10.1 Å². The first kappa shape index (κ1) is 19.7. The van der Waals surface area contributed by atoms with Crippen molar-refractivity contribution in [3.8, 4) is 5.75 Å². The SMILES string of the molecule is CC(Cc1ccsc1)NC(=O)CN1Cc2ccccc2OC(c2ccccc2)C1. The molecule has 2 aromatic carbocycles. The Bertz CT molecular complexity index is 927. The van der Waals surface area contributed by atoms with Gasteiger partial charge in [-0.3, -0.25) is 9.69 Å². The van der Waals surface area contributed by atoms with Crippen LogP contribution in [0.2, 0.25) is 0 Å². The molecule has 0 saturated carbocycles. The van der Waals surface area contributed by atoms with E-state index in [0.29, 0.717) is 19.6 Å². The summed E-state index contributed by atoms with van der Waals surface area (Å²) in [4.78, 5) is 14.9. The van der Waals surface area contributed by atoms with E-state index in [2.05, 4.69) is 52.2 Å². The maximum Gasteiger partial charge on any atom is 0.234 e. The Hall–Kier alpha value is -2.63. The van der Waals surface area contributed by atoms with Crippen LogP contribution in [0.15, 0.2) is 71.4 Å². The summed E-state index contributed by atoms with van der Waals surface area (Å²) in [5, 5.41) is 7.35. The van der Waals surface area contributed by atoms with Gasteiger partial charge in [0.15, 0.2) is 0 Å². The predicted octanol–water partition coefficient (Wildman–Crippen LogP) is 4.43. The zero-order valence-corrected chi connectivity index (χ0v) is 17.4. The Labute approximate surface area is 176 Å². The standard InChI is InChI=1S/C24H26N2O2S/c1-18(13-19-11-12-29-17-19)25-24(27)16-26-14-21-9-5-6-10-22(21)28-23(15-26)20-7-3-2-4-8-20/h2-12,17-18,23H,13-16H2,1H3,(H,25,27). The lowest BCUT2D eigenvalue weighted by Crippen LogP contribution is -2.42. The van der Waals surface area contributed by atoms with Gasteiger partial charge >= 0.3 is 0 Å². The number of nitrogens with one attached hydrogen (secondary N) is 1. The molecule has 1 N–H and O–H groups in total. The van der Waals surface area contributed by atoms with Gasteiger partial charge in [0.25, 0.3) is 0 Å². The highest BCUT2D eigenvalue weighted by Crippen LogP contribution is 2.30. The summed E-state index contributed by atoms with van der Waals surface area (Å²) in [6, 6.07) is 20.6. The zero-order chi connectivity index (χ0) is 20.1. The minimum atomic E-state index is -0.101. The average Bonchev–Trinajstić information content (AvgIpc) is 3.14. The van der Waals surface area contributed by atoms with Crippen LogP contribution in [0.3, 0.4) is 0 Å². The molecule has 150 valence electrons. The third-order valence-corrected chi connectivity index (χ3v) is 5.86. The van der Waals surface area contributed by atoms with Crippen molar-refractivity contribution in [3.63, 3.8) is 0 Å². The number of hydrogen-bond donors (Lipinski definition) is 1. The second kappa shape index (κ2) is 9.25. The van der Waals surface area contributed by atoms with E-state index in [1.54, 1.807) is 11.3 Å². The van der Waals surface area contributed by atoms with Crippen LogP contribution in [-0.2, 0) is 17.8 Å². The van der Waals surface area contributed by atoms with Crippen molar-refractivity contribution in [2.45, 2.75) is 32.0 Å². The number of benzene rings is 2. The van der Waals surface area contributed by atoms with Gasteiger partial charge in [0.2, 0.25) is 5.91 Å². The number of hydrogen-bond acceptors (Lipinski definition) is 4. The molecule has 0 aliphatic carbocycles. The highest BCUT2D eigenvalue weighted by molar-refractivity contribution is 7.07. The van der Waals surface area contributed by atoms with Crippen molar-refractivity contribution in [3.05, 3.63) is 88.1 Å². The third kappa shape index (κ3) is 5.25. The van der Waals surface area contributed by atoms with E-state index in [1.165, 1.54) is 5.56 Å². The molecule has 2 heterocycles. The van der Waals surface area contributed by atoms with Crippen LogP contribution in [0.4, 0.5) is 0 Å². The van der Waals surface area contributed by atoms with Crippen LogP contribution in [-0.4, -0.2) is 29.9 Å². The zero-order valence-electron chi connectivity index (χ0n) is 16.6. The molecule has 29 heavy (non-hydrogen) atoms. The first-order valence-corrected chi connectivity index (χ1v) is 10.9. The molecule has 0 saturated heterocycles. The summed E-state index contributed by atoms with van der Waals surface area (Å²) in [5.41, 5.74) is 3.51. The number of carbonyl (C=O) groups is 1. The monoisotopic (exact) mass is 406 g/mol. The van der Waals surface area contributed by atoms with E-state index < -0.39 is 0 Å². The fourth-order valence-corrected chi connectivity index (χ4v) is 4.46. The van der Waals surface area contributed by atoms with Crippen molar-refractivity contribution in [1.82, 2.24) is 10.2 Å². The third-order valence-electron chi connectivity index (χ3n) is 5.13. The molecule has 1 amide bonds. The number of fused-ring (bicyclic) bond motifs is 1. The summed E-state index contributed by atoms with van der Waals surface area (Å²) < 4.78 is 6.33. The number of nitrogens with zero attached hydrogens (tertiary/aromatic N) is 1. The normalized spacial score (nSPS) is 17.6. The molecular formula is C24H26N2O2S. The fraction of sp³-hybridized carbons (Fsp3) is 0.292. The van der Waals surface area contributed by atoms with Crippen molar-refractivity contribution < 1.29 is 9.53 Å². The maximum absolute atomic E-state index is 12.7. The van der Waals surface area contributed by atoms with E-state index in [1.807, 2.05) is 36.4 Å². The van der Waals surface area contributed by atoms with Gasteiger partial charge in [0, 0.05) is 24.7 Å². The largest absolute Gasteiger partial charge is 0.484 e. The highest BCUT2D eigenvalue weighted by atomic mass is 32.1. The van der Waals surface area contributed by atoms with Crippen molar-refractivity contribution in [1.29, 1.82) is 0 Å². The molecule has 0 radical (unpaired) electrons. The Balaban J connectivity index is 1.44. The highest BCUT2D eigenvalue weighted by Gasteiger charge is 2.25. The Morgan fingerprint density at radius 3 is 2.76 bits per heavy atom. The molecular weight excluding hydrogens is 380 g/mol. The molecule has 0 fully saturated rings. The van der Waals surface area contributed by atoms with Gasteiger partial charge in [-0.05, 0) is 47.4 Å². The minimum absolute atomic E-state index is 0.0546. The van der Waals surface area contributed by atoms with E-state index >= 15 is 0 Å². The molecule has 0 bridgehead atoms. The number of carbonyl (C=O) groups excluding carboxylic acids is 1. The van der Waals surface area contributed by atoms with Crippen molar-refractivity contribution >= 4 is 17.2 Å². The lowest BCUT2D eigenvalue weighted by molar-refractivity contribution is -0.123. The van der Waals surface area contributed by atoms with Crippen LogP contribution in [0.1, 0.15) is 29.7 Å². The number of rotatable bonds is 6. The van der Waals surface area contributed by atoms with Gasteiger partial charge in [-0.1, -0.05) is 48.5 Å². The number of ether oxygens (including phenoxy) is 1. The van der Waals surface area contributed by atoms with E-state index in [4.69, 9.17) is 4.74 Å². The molecule has 1 aliphatic rings. The average molecular weight is 407 g/mol. The maximum atomic E-state index is 12.7. The molecule has 1 aliphatic heterocycles. The quantitative estimate of drug-likeness (QED) is 0.658. The number of thiophene rings is 1. The van der Waals surface area contributed by atoms with Crippen LogP contribution in [0.25, 0.3) is 0 Å². The Morgan fingerprint density at radius 2 is 1.97 bits per heavy atom. The molecule has 4 rings (SSSR count). The topological polar surface area (TPSA) is 41.6 Å². The summed E-state index contributed by atoms with van der Waals surface area (Å²) in [6.07, 6.45) is 0.754. The Morgan fingerprint density at radius 1 is 1.17 bits per heavy atom. The van der Waals surface area contributed by atoms with Crippen molar-refractivity contribution in [2.75, 3.05) is 13.1 Å². The van der Waals surface area contributed by atoms with Gasteiger partial charge in [0.05, 0.1) is 6.54 Å². The second-order valence-electron chi connectivity index (χ2n) is 7.60. The molecule has 5 heteroatoms. The summed E-state index contributed by atoms with van der Waals surface area (Å²) in [6.45, 7) is 3.79. The lowest BCUT2D eigenvalue weighted by atomic mass is 10.1.